The predicted molar refractivity (Wildman–Crippen MR) is 68.6 cm³/mol. The molecule has 1 heterocycles. The van der Waals surface area contributed by atoms with Crippen LogP contribution in [-0.2, 0) is 9.53 Å². The van der Waals surface area contributed by atoms with Crippen molar-refractivity contribution in [3.63, 3.8) is 0 Å². The van der Waals surface area contributed by atoms with Crippen LogP contribution in [-0.4, -0.2) is 30.1 Å². The summed E-state index contributed by atoms with van der Waals surface area (Å²) >= 11 is 0. The first kappa shape index (κ1) is 14.4. The lowest BCUT2D eigenvalue weighted by atomic mass is 9.85. The van der Waals surface area contributed by atoms with E-state index in [1.54, 1.807) is 6.92 Å². The number of nitro benzene ring substituents is 1. The molecule has 1 aromatic rings. The maximum absolute atomic E-state index is 13.2. The number of nitrogens with one attached hydrogen (secondary N) is 1. The summed E-state index contributed by atoms with van der Waals surface area (Å²) in [5.74, 6) is -1.21. The molecular weight excluding hydrogens is 269 g/mol. The van der Waals surface area contributed by atoms with Crippen LogP contribution in [0.5, 0.6) is 0 Å². The zero-order valence-electron chi connectivity index (χ0n) is 10.8. The highest BCUT2D eigenvalue weighted by Gasteiger charge is 2.44. The molecule has 0 aliphatic carbocycles. The van der Waals surface area contributed by atoms with Crippen LogP contribution in [0.4, 0.5) is 15.8 Å². The molecule has 0 bridgehead atoms. The number of nitrogens with two attached hydrogens (primary N) is 1. The molecule has 0 radical (unpaired) electrons. The van der Waals surface area contributed by atoms with E-state index in [2.05, 4.69) is 5.32 Å². The minimum Gasteiger partial charge on any atom is -0.379 e. The molecule has 1 aliphatic heterocycles. The first-order chi connectivity index (χ1) is 9.34. The average molecular weight is 283 g/mol. The molecule has 3 N–H and O–H groups in total. The van der Waals surface area contributed by atoms with Crippen molar-refractivity contribution in [3.05, 3.63) is 34.1 Å². The molecule has 7 nitrogen and oxygen atoms in total. The lowest BCUT2D eigenvalue weighted by Crippen LogP contribution is -2.47. The summed E-state index contributed by atoms with van der Waals surface area (Å²) in [5.41, 5.74) is 4.23. The molecule has 8 heteroatoms. The Labute approximate surface area is 114 Å². The topological polar surface area (TPSA) is 107 Å². The summed E-state index contributed by atoms with van der Waals surface area (Å²) in [7, 11) is 0. The Morgan fingerprint density at radius 2 is 2.35 bits per heavy atom. The van der Waals surface area contributed by atoms with Crippen LogP contribution in [0.25, 0.3) is 0 Å². The molecular formula is C12H14FN3O4. The van der Waals surface area contributed by atoms with E-state index in [4.69, 9.17) is 10.5 Å². The molecule has 1 aromatic carbocycles. The Morgan fingerprint density at radius 3 is 2.90 bits per heavy atom. The van der Waals surface area contributed by atoms with Gasteiger partial charge in [0.05, 0.1) is 23.6 Å². The Hall–Kier alpha value is -2.06. The summed E-state index contributed by atoms with van der Waals surface area (Å²) in [6.07, 6.45) is 0. The van der Waals surface area contributed by atoms with E-state index in [0.717, 1.165) is 18.2 Å². The van der Waals surface area contributed by atoms with Crippen LogP contribution in [0.15, 0.2) is 18.2 Å². The van der Waals surface area contributed by atoms with Gasteiger partial charge in [0.15, 0.2) is 0 Å². The largest absolute Gasteiger partial charge is 0.379 e. The third-order valence-electron chi connectivity index (χ3n) is 3.44. The quantitative estimate of drug-likeness (QED) is 0.636. The summed E-state index contributed by atoms with van der Waals surface area (Å²) in [5, 5.41) is 13.2. The molecule has 2 unspecified atom stereocenters. The van der Waals surface area contributed by atoms with Gasteiger partial charge in [-0.3, -0.25) is 14.9 Å². The molecule has 20 heavy (non-hydrogen) atoms. The van der Waals surface area contributed by atoms with Crippen molar-refractivity contribution in [1.29, 1.82) is 0 Å². The second-order valence-electron chi connectivity index (χ2n) is 4.91. The van der Waals surface area contributed by atoms with Crippen molar-refractivity contribution in [2.45, 2.75) is 13.0 Å². The zero-order chi connectivity index (χ0) is 14.9. The first-order valence-corrected chi connectivity index (χ1v) is 5.93. The van der Waals surface area contributed by atoms with Gasteiger partial charge in [-0.15, -0.1) is 0 Å². The van der Waals surface area contributed by atoms with E-state index in [1.165, 1.54) is 0 Å². The second-order valence-corrected chi connectivity index (χ2v) is 4.91. The zero-order valence-corrected chi connectivity index (χ0v) is 10.8. The number of anilines is 1. The fourth-order valence-electron chi connectivity index (χ4n) is 1.96. The molecule has 2 rings (SSSR count). The van der Waals surface area contributed by atoms with E-state index < -0.39 is 28.1 Å². The van der Waals surface area contributed by atoms with Gasteiger partial charge in [0, 0.05) is 18.2 Å². The van der Waals surface area contributed by atoms with Crippen molar-refractivity contribution in [2.75, 3.05) is 18.5 Å². The number of carbonyl (C=O) groups is 1. The van der Waals surface area contributed by atoms with Gasteiger partial charge in [-0.05, 0) is 13.0 Å². The van der Waals surface area contributed by atoms with Crippen LogP contribution in [0.1, 0.15) is 6.92 Å². The molecule has 0 spiro atoms. The van der Waals surface area contributed by atoms with Gasteiger partial charge in [0.1, 0.15) is 11.5 Å². The highest BCUT2D eigenvalue weighted by molar-refractivity contribution is 5.97. The highest BCUT2D eigenvalue weighted by Crippen LogP contribution is 2.31. The Morgan fingerprint density at radius 1 is 1.65 bits per heavy atom. The van der Waals surface area contributed by atoms with Gasteiger partial charge in [0.25, 0.3) is 5.69 Å². The summed E-state index contributed by atoms with van der Waals surface area (Å²) in [6.45, 7) is 1.95. The Bertz CT molecular complexity index is 566. The lowest BCUT2D eigenvalue weighted by Gasteiger charge is -2.25. The maximum Gasteiger partial charge on any atom is 0.292 e. The monoisotopic (exact) mass is 283 g/mol. The second kappa shape index (κ2) is 5.14. The fraction of sp³-hybridized carbons (Fsp3) is 0.417. The Balaban J connectivity index is 2.28. The smallest absolute Gasteiger partial charge is 0.292 e. The molecule has 1 fully saturated rings. The lowest BCUT2D eigenvalue weighted by molar-refractivity contribution is -0.384. The number of carbonyl (C=O) groups excluding carboxylic acids is 1. The Kier molecular flexibility index (Phi) is 3.69. The number of halogens is 1. The van der Waals surface area contributed by atoms with Crippen LogP contribution >= 0.6 is 0 Å². The molecule has 1 amide bonds. The molecule has 2 atom stereocenters. The number of nitrogens with zero attached hydrogens (tertiary/aromatic N) is 1. The van der Waals surface area contributed by atoms with Crippen molar-refractivity contribution in [2.24, 2.45) is 11.1 Å². The standard InChI is InChI=1S/C12H14FN3O4/c1-12(6-20-5-10(12)14)11(17)15-8-4-7(13)2-3-9(8)16(18)19/h2-4,10H,5-6,14H2,1H3,(H,15,17). The van der Waals surface area contributed by atoms with Crippen molar-refractivity contribution >= 4 is 17.3 Å². The molecule has 1 aliphatic rings. The van der Waals surface area contributed by atoms with E-state index in [-0.39, 0.29) is 24.6 Å². The fourth-order valence-corrected chi connectivity index (χ4v) is 1.96. The van der Waals surface area contributed by atoms with Gasteiger partial charge in [-0.25, -0.2) is 4.39 Å². The summed E-state index contributed by atoms with van der Waals surface area (Å²) < 4.78 is 18.3. The third kappa shape index (κ3) is 2.47. The number of hydrogen-bond acceptors (Lipinski definition) is 5. The minimum atomic E-state index is -1.000. The van der Waals surface area contributed by atoms with E-state index in [0.29, 0.717) is 0 Å². The first-order valence-electron chi connectivity index (χ1n) is 5.93. The molecule has 108 valence electrons. The number of nitro groups is 1. The van der Waals surface area contributed by atoms with E-state index in [9.17, 15) is 19.3 Å². The van der Waals surface area contributed by atoms with E-state index >= 15 is 0 Å². The summed E-state index contributed by atoms with van der Waals surface area (Å²) in [6, 6.07) is 2.34. The number of amides is 1. The van der Waals surface area contributed by atoms with Crippen LogP contribution in [0.3, 0.4) is 0 Å². The molecule has 1 saturated heterocycles. The van der Waals surface area contributed by atoms with Crippen LogP contribution in [0, 0.1) is 21.3 Å². The molecule has 0 saturated carbocycles. The number of ether oxygens (including phenoxy) is 1. The van der Waals surface area contributed by atoms with Crippen molar-refractivity contribution in [3.8, 4) is 0 Å². The van der Waals surface area contributed by atoms with Crippen LogP contribution < -0.4 is 11.1 Å². The van der Waals surface area contributed by atoms with Gasteiger partial charge in [-0.2, -0.15) is 0 Å². The van der Waals surface area contributed by atoms with E-state index in [1.807, 2.05) is 0 Å². The van der Waals surface area contributed by atoms with Gasteiger partial charge in [-0.1, -0.05) is 0 Å². The predicted octanol–water partition coefficient (Wildman–Crippen LogP) is 1.04. The SMILES string of the molecule is CC1(C(=O)Nc2cc(F)ccc2[N+](=O)[O-])COCC1N. The minimum absolute atomic E-state index is 0.114. The molecule has 0 aromatic heterocycles. The third-order valence-corrected chi connectivity index (χ3v) is 3.44. The number of rotatable bonds is 3. The normalized spacial score (nSPS) is 25.4. The van der Waals surface area contributed by atoms with Crippen molar-refractivity contribution < 1.29 is 18.8 Å². The van der Waals surface area contributed by atoms with Crippen molar-refractivity contribution in [1.82, 2.24) is 0 Å². The van der Waals surface area contributed by atoms with Gasteiger partial charge < -0.3 is 15.8 Å². The van der Waals surface area contributed by atoms with Gasteiger partial charge in [0.2, 0.25) is 5.91 Å². The maximum atomic E-state index is 13.2. The number of benzene rings is 1. The number of hydrogen-bond donors (Lipinski definition) is 2. The highest BCUT2D eigenvalue weighted by atomic mass is 19.1. The van der Waals surface area contributed by atoms with Crippen LogP contribution in [0.2, 0.25) is 0 Å². The summed E-state index contributed by atoms with van der Waals surface area (Å²) in [4.78, 5) is 22.4. The average Bonchev–Trinajstić information content (AvgIpc) is 2.70. The van der Waals surface area contributed by atoms with Gasteiger partial charge >= 0.3 is 0 Å².